The number of carbonyl (C=O) groups is 1. The number of aromatic nitrogens is 3. The maximum Gasteiger partial charge on any atom is 0.387 e. The van der Waals surface area contributed by atoms with Gasteiger partial charge in [0.2, 0.25) is 5.95 Å². The molecule has 0 radical (unpaired) electrons. The minimum Gasteiger partial charge on any atom is -0.433 e. The Morgan fingerprint density at radius 1 is 1.05 bits per heavy atom. The molecule has 0 aliphatic carbocycles. The number of pyridine rings is 1. The van der Waals surface area contributed by atoms with Gasteiger partial charge in [-0.1, -0.05) is 18.2 Å². The second kappa shape index (κ2) is 12.2. The van der Waals surface area contributed by atoms with Gasteiger partial charge in [0.25, 0.3) is 5.91 Å². The number of ether oxygens (including phenoxy) is 1. The highest BCUT2D eigenvalue weighted by atomic mass is 32.2. The van der Waals surface area contributed by atoms with E-state index in [0.29, 0.717) is 33.8 Å². The van der Waals surface area contributed by atoms with Crippen molar-refractivity contribution in [1.29, 1.82) is 0 Å². The van der Waals surface area contributed by atoms with Gasteiger partial charge in [0.1, 0.15) is 16.5 Å². The first-order valence-electron chi connectivity index (χ1n) is 11.2. The van der Waals surface area contributed by atoms with Gasteiger partial charge >= 0.3 is 6.61 Å². The number of nitrogens with one attached hydrogen (secondary N) is 2. The Hall–Kier alpha value is -4.49. The summed E-state index contributed by atoms with van der Waals surface area (Å²) in [7, 11) is -2.56. The molecule has 1 amide bonds. The predicted molar refractivity (Wildman–Crippen MR) is 138 cm³/mol. The van der Waals surface area contributed by atoms with Crippen molar-refractivity contribution in [3.63, 3.8) is 0 Å². The fraction of sp³-hybridized carbons (Fsp3) is 0.120. The average Bonchev–Trinajstić information content (AvgIpc) is 2.89. The molecule has 196 valence electrons. The van der Waals surface area contributed by atoms with Gasteiger partial charge in [-0.25, -0.2) is 18.4 Å². The summed E-state index contributed by atoms with van der Waals surface area (Å²) in [6.45, 7) is -2.79. The molecular formula is C25H22F2N6O4S. The van der Waals surface area contributed by atoms with Crippen molar-refractivity contribution in [2.75, 3.05) is 10.6 Å². The maximum atomic E-state index is 12.7. The maximum absolute atomic E-state index is 12.7. The van der Waals surface area contributed by atoms with Crippen LogP contribution in [0.4, 0.5) is 26.1 Å². The molecule has 0 saturated heterocycles. The largest absolute Gasteiger partial charge is 0.433 e. The number of hydrogen-bond donors (Lipinski definition) is 4. The van der Waals surface area contributed by atoms with Gasteiger partial charge in [-0.15, -0.1) is 0 Å². The van der Waals surface area contributed by atoms with Crippen LogP contribution >= 0.6 is 0 Å². The first-order valence-corrected chi connectivity index (χ1v) is 12.5. The normalized spacial score (nSPS) is 11.0. The zero-order valence-electron chi connectivity index (χ0n) is 19.7. The van der Waals surface area contributed by atoms with Gasteiger partial charge in [0.15, 0.2) is 0 Å². The summed E-state index contributed by atoms with van der Waals surface area (Å²) < 4.78 is 51.3. The number of benzene rings is 2. The monoisotopic (exact) mass is 540 g/mol. The lowest BCUT2D eigenvalue weighted by Gasteiger charge is -2.13. The van der Waals surface area contributed by atoms with Crippen LogP contribution in [0.2, 0.25) is 0 Å². The Balaban J connectivity index is 1.52. The predicted octanol–water partition coefficient (Wildman–Crippen LogP) is 3.71. The average molecular weight is 541 g/mol. The molecule has 2 aromatic heterocycles. The summed E-state index contributed by atoms with van der Waals surface area (Å²) in [5.74, 6) is -0.379. The summed E-state index contributed by atoms with van der Waals surface area (Å²) in [6.07, 6.45) is 4.12. The van der Waals surface area contributed by atoms with Gasteiger partial charge in [-0.3, -0.25) is 9.78 Å². The highest BCUT2D eigenvalue weighted by Gasteiger charge is 2.12. The highest BCUT2D eigenvalue weighted by molar-refractivity contribution is 7.71. The Labute approximate surface area is 217 Å². The van der Waals surface area contributed by atoms with Gasteiger partial charge in [0, 0.05) is 41.4 Å². The van der Waals surface area contributed by atoms with Crippen LogP contribution in [-0.4, -0.2) is 35.9 Å². The van der Waals surface area contributed by atoms with E-state index >= 15 is 0 Å². The minimum absolute atomic E-state index is 0.0957. The van der Waals surface area contributed by atoms with Gasteiger partial charge in [0.05, 0.1) is 17.6 Å². The van der Waals surface area contributed by atoms with E-state index in [4.69, 9.17) is 5.73 Å². The van der Waals surface area contributed by atoms with Crippen molar-refractivity contribution >= 4 is 33.9 Å². The number of halogens is 2. The number of hydrogen-bond acceptors (Lipinski definition) is 9. The van der Waals surface area contributed by atoms with Gasteiger partial charge < -0.3 is 21.1 Å². The summed E-state index contributed by atoms with van der Waals surface area (Å²) in [5, 5.41) is 5.87. The van der Waals surface area contributed by atoms with Crippen molar-refractivity contribution in [2.24, 2.45) is 5.73 Å². The molecule has 0 saturated carbocycles. The smallest absolute Gasteiger partial charge is 0.387 e. The quantitative estimate of drug-likeness (QED) is 0.221. The summed E-state index contributed by atoms with van der Waals surface area (Å²) in [5.41, 5.74) is 9.42. The van der Waals surface area contributed by atoms with Crippen LogP contribution in [0.25, 0.3) is 11.3 Å². The van der Waals surface area contributed by atoms with E-state index in [1.165, 1.54) is 24.7 Å². The zero-order valence-corrected chi connectivity index (χ0v) is 20.6. The number of nitrogens with zero attached hydrogens (tertiary/aromatic N) is 3. The van der Waals surface area contributed by atoms with Crippen molar-refractivity contribution in [2.45, 2.75) is 18.9 Å². The molecule has 13 heteroatoms. The summed E-state index contributed by atoms with van der Waals surface area (Å²) in [6, 6.07) is 14.4. The van der Waals surface area contributed by atoms with E-state index in [2.05, 4.69) is 30.3 Å². The number of thiol groups is 1. The second-order valence-electron chi connectivity index (χ2n) is 7.90. The van der Waals surface area contributed by atoms with Crippen molar-refractivity contribution in [3.8, 4) is 17.0 Å². The molecule has 2 aromatic carbocycles. The summed E-state index contributed by atoms with van der Waals surface area (Å²) in [4.78, 5) is 25.3. The van der Waals surface area contributed by atoms with Crippen LogP contribution in [0.5, 0.6) is 5.75 Å². The molecule has 0 aliphatic rings. The number of amides is 1. The van der Waals surface area contributed by atoms with Crippen molar-refractivity contribution in [1.82, 2.24) is 15.0 Å². The topological polar surface area (TPSA) is 149 Å². The van der Waals surface area contributed by atoms with Crippen molar-refractivity contribution < 1.29 is 26.7 Å². The molecule has 4 aromatic rings. The standard InChI is InChI=1S/C25H22F2N6O4S/c26-24(27)37-20-9-18(12-29-13-20)21-7-8-30-25(32-21)33-22-10-19(6-5-17(22)11-28)31-23(34)16-3-1-15(2-4-16)14-38(35)36/h1-10,12-13,24,38H,11,14,28H2,(H,31,34)(H,30,32,33). The van der Waals surface area contributed by atoms with Crippen LogP contribution in [0, 0.1) is 0 Å². The van der Waals surface area contributed by atoms with E-state index < -0.39 is 17.3 Å². The van der Waals surface area contributed by atoms with E-state index in [9.17, 15) is 22.0 Å². The number of nitrogens with two attached hydrogens (primary N) is 1. The molecule has 4 rings (SSSR count). The summed E-state index contributed by atoms with van der Waals surface area (Å²) >= 11 is 0. The first-order chi connectivity index (χ1) is 18.3. The highest BCUT2D eigenvalue weighted by Crippen LogP contribution is 2.26. The third-order valence-electron chi connectivity index (χ3n) is 5.25. The molecule has 0 fully saturated rings. The van der Waals surface area contributed by atoms with Gasteiger partial charge in [-0.05, 0) is 47.5 Å². The fourth-order valence-corrected chi connectivity index (χ4v) is 4.00. The van der Waals surface area contributed by atoms with Crippen LogP contribution in [0.1, 0.15) is 21.5 Å². The SMILES string of the molecule is NCc1ccc(NC(=O)c2ccc(C[SH](=O)=O)cc2)cc1Nc1nccc(-c2cncc(OC(F)F)c2)n1. The van der Waals surface area contributed by atoms with E-state index in [1.54, 1.807) is 48.5 Å². The molecule has 0 atom stereocenters. The molecule has 2 heterocycles. The molecule has 4 N–H and O–H groups in total. The molecule has 0 bridgehead atoms. The Bertz CT molecular complexity index is 1510. The van der Waals surface area contributed by atoms with Crippen LogP contribution < -0.4 is 21.1 Å². The lowest BCUT2D eigenvalue weighted by Crippen LogP contribution is -2.13. The lowest BCUT2D eigenvalue weighted by atomic mass is 10.1. The molecular weight excluding hydrogens is 518 g/mol. The number of anilines is 3. The van der Waals surface area contributed by atoms with Crippen molar-refractivity contribution in [3.05, 3.63) is 89.9 Å². The molecule has 0 unspecified atom stereocenters. The molecule has 0 aliphatic heterocycles. The molecule has 10 nitrogen and oxygen atoms in total. The molecule has 0 spiro atoms. The Morgan fingerprint density at radius 2 is 1.84 bits per heavy atom. The number of rotatable bonds is 10. The number of alkyl halides is 2. The van der Waals surface area contributed by atoms with E-state index in [0.717, 1.165) is 5.56 Å². The fourth-order valence-electron chi connectivity index (χ4n) is 3.49. The Morgan fingerprint density at radius 3 is 2.55 bits per heavy atom. The lowest BCUT2D eigenvalue weighted by molar-refractivity contribution is -0.0500. The van der Waals surface area contributed by atoms with Crippen LogP contribution in [0.3, 0.4) is 0 Å². The third kappa shape index (κ3) is 7.05. The number of carbonyl (C=O) groups excluding carboxylic acids is 1. The third-order valence-corrected chi connectivity index (χ3v) is 5.87. The van der Waals surface area contributed by atoms with Crippen LogP contribution in [0.15, 0.2) is 73.2 Å². The Kier molecular flexibility index (Phi) is 8.51. The zero-order chi connectivity index (χ0) is 27.1. The van der Waals surface area contributed by atoms with E-state index in [-0.39, 0.29) is 29.9 Å². The van der Waals surface area contributed by atoms with Gasteiger partial charge in [-0.2, -0.15) is 8.78 Å². The minimum atomic E-state index is -2.98. The second-order valence-corrected chi connectivity index (χ2v) is 8.88. The molecule has 38 heavy (non-hydrogen) atoms. The van der Waals surface area contributed by atoms with Crippen LogP contribution in [-0.2, 0) is 23.0 Å². The first kappa shape index (κ1) is 26.6. The van der Waals surface area contributed by atoms with E-state index in [1.807, 2.05) is 0 Å².